The number of hydrogen-bond donors (Lipinski definition) is 2. The molecule has 0 aliphatic heterocycles. The fourth-order valence-electron chi connectivity index (χ4n) is 3.97. The molecule has 154 valence electrons. The van der Waals surface area contributed by atoms with Crippen molar-refractivity contribution in [2.45, 2.75) is 91.9 Å². The molecule has 28 heavy (non-hydrogen) atoms. The van der Waals surface area contributed by atoms with Crippen LogP contribution in [0.3, 0.4) is 0 Å². The number of aryl methyl sites for hydroxylation is 1. The molecule has 0 fully saturated rings. The van der Waals surface area contributed by atoms with E-state index >= 15 is 0 Å². The summed E-state index contributed by atoms with van der Waals surface area (Å²) in [6, 6.07) is 8.27. The maximum atomic E-state index is 10.7. The van der Waals surface area contributed by atoms with Gasteiger partial charge in [0.15, 0.2) is 0 Å². The van der Waals surface area contributed by atoms with Gasteiger partial charge < -0.3 is 10.2 Å². The molecule has 0 amide bonds. The molecule has 0 saturated carbocycles. The first-order valence-corrected chi connectivity index (χ1v) is 10.4. The van der Waals surface area contributed by atoms with Crippen LogP contribution in [0.2, 0.25) is 0 Å². The molecule has 2 heteroatoms. The van der Waals surface area contributed by atoms with E-state index in [2.05, 4.69) is 67.5 Å². The van der Waals surface area contributed by atoms with Gasteiger partial charge in [-0.25, -0.2) is 0 Å². The fraction of sp³-hybridized carbons (Fsp3) is 0.538. The third-order valence-corrected chi connectivity index (χ3v) is 5.81. The van der Waals surface area contributed by atoms with Gasteiger partial charge in [0.2, 0.25) is 0 Å². The highest BCUT2D eigenvalue weighted by molar-refractivity contribution is 5.53. The van der Waals surface area contributed by atoms with Crippen molar-refractivity contribution in [3.05, 3.63) is 57.6 Å². The standard InChI is InChI=1S/C26H38O2/c1-10-11-19(20-15-22(26(7,8)9)24(28)12-16(20)2)21-13-18(25(4,5)6)14-23(27)17(21)3/h12-15,19,27-28H,10-11H2,1-9H3. The predicted molar refractivity (Wildman–Crippen MR) is 120 cm³/mol. The summed E-state index contributed by atoms with van der Waals surface area (Å²) in [7, 11) is 0. The van der Waals surface area contributed by atoms with Gasteiger partial charge in [-0.2, -0.15) is 0 Å². The van der Waals surface area contributed by atoms with Crippen LogP contribution in [0.5, 0.6) is 11.5 Å². The van der Waals surface area contributed by atoms with Crippen LogP contribution in [0, 0.1) is 13.8 Å². The highest BCUT2D eigenvalue weighted by atomic mass is 16.3. The van der Waals surface area contributed by atoms with Gasteiger partial charge in [0, 0.05) is 5.92 Å². The third-order valence-electron chi connectivity index (χ3n) is 5.81. The van der Waals surface area contributed by atoms with E-state index < -0.39 is 0 Å². The topological polar surface area (TPSA) is 40.5 Å². The Morgan fingerprint density at radius 2 is 1.39 bits per heavy atom. The molecule has 0 aliphatic carbocycles. The van der Waals surface area contributed by atoms with Crippen molar-refractivity contribution in [2.24, 2.45) is 0 Å². The van der Waals surface area contributed by atoms with E-state index in [9.17, 15) is 10.2 Å². The number of benzene rings is 2. The molecule has 2 aromatic rings. The maximum Gasteiger partial charge on any atom is 0.119 e. The molecule has 0 aromatic heterocycles. The zero-order valence-corrected chi connectivity index (χ0v) is 19.2. The summed E-state index contributed by atoms with van der Waals surface area (Å²) in [6.45, 7) is 19.2. The van der Waals surface area contributed by atoms with Gasteiger partial charge in [-0.05, 0) is 76.6 Å². The van der Waals surface area contributed by atoms with Gasteiger partial charge in [-0.1, -0.05) is 67.0 Å². The summed E-state index contributed by atoms with van der Waals surface area (Å²) in [4.78, 5) is 0. The normalized spacial score (nSPS) is 13.6. The van der Waals surface area contributed by atoms with E-state index in [4.69, 9.17) is 0 Å². The molecule has 2 N–H and O–H groups in total. The highest BCUT2D eigenvalue weighted by Crippen LogP contribution is 2.42. The van der Waals surface area contributed by atoms with Gasteiger partial charge in [-0.3, -0.25) is 0 Å². The quantitative estimate of drug-likeness (QED) is 0.585. The molecule has 1 atom stereocenters. The largest absolute Gasteiger partial charge is 0.508 e. The first-order valence-electron chi connectivity index (χ1n) is 10.4. The summed E-state index contributed by atoms with van der Waals surface area (Å²) >= 11 is 0. The summed E-state index contributed by atoms with van der Waals surface area (Å²) in [5.74, 6) is 0.933. The Kier molecular flexibility index (Phi) is 6.23. The summed E-state index contributed by atoms with van der Waals surface area (Å²) in [6.07, 6.45) is 2.05. The monoisotopic (exact) mass is 382 g/mol. The highest BCUT2D eigenvalue weighted by Gasteiger charge is 2.26. The molecule has 2 nitrogen and oxygen atoms in total. The maximum absolute atomic E-state index is 10.7. The zero-order valence-electron chi connectivity index (χ0n) is 19.2. The van der Waals surface area contributed by atoms with E-state index in [-0.39, 0.29) is 16.7 Å². The van der Waals surface area contributed by atoms with E-state index in [1.807, 2.05) is 19.1 Å². The minimum Gasteiger partial charge on any atom is -0.508 e. The lowest BCUT2D eigenvalue weighted by Gasteiger charge is -2.28. The number of phenols is 2. The lowest BCUT2D eigenvalue weighted by molar-refractivity contribution is 0.445. The molecular formula is C26H38O2. The molecular weight excluding hydrogens is 344 g/mol. The van der Waals surface area contributed by atoms with Crippen LogP contribution < -0.4 is 0 Å². The first kappa shape index (κ1) is 22.3. The van der Waals surface area contributed by atoms with E-state index in [0.29, 0.717) is 11.5 Å². The van der Waals surface area contributed by atoms with E-state index in [0.717, 1.165) is 35.1 Å². The molecule has 2 aromatic carbocycles. The number of hydrogen-bond acceptors (Lipinski definition) is 2. The van der Waals surface area contributed by atoms with Gasteiger partial charge in [0.05, 0.1) is 0 Å². The molecule has 0 saturated heterocycles. The van der Waals surface area contributed by atoms with Crippen molar-refractivity contribution in [3.63, 3.8) is 0 Å². The SMILES string of the molecule is CCCC(c1cc(C(C)(C)C)c(O)cc1C)c1cc(C(C)(C)C)cc(O)c1C. The van der Waals surface area contributed by atoms with Crippen LogP contribution in [0.4, 0.5) is 0 Å². The van der Waals surface area contributed by atoms with Crippen molar-refractivity contribution in [1.29, 1.82) is 0 Å². The van der Waals surface area contributed by atoms with Gasteiger partial charge in [-0.15, -0.1) is 0 Å². The molecule has 1 unspecified atom stereocenters. The Bertz CT molecular complexity index is 848. The predicted octanol–water partition coefficient (Wildman–Crippen LogP) is 7.24. The average molecular weight is 383 g/mol. The second kappa shape index (κ2) is 7.81. The Balaban J connectivity index is 2.76. The summed E-state index contributed by atoms with van der Waals surface area (Å²) < 4.78 is 0. The van der Waals surface area contributed by atoms with Crippen molar-refractivity contribution in [3.8, 4) is 11.5 Å². The van der Waals surface area contributed by atoms with Crippen molar-refractivity contribution >= 4 is 0 Å². The van der Waals surface area contributed by atoms with Gasteiger partial charge >= 0.3 is 0 Å². The summed E-state index contributed by atoms with van der Waals surface area (Å²) in [5.41, 5.74) is 6.46. The second-order valence-corrected chi connectivity index (χ2v) is 10.3. The van der Waals surface area contributed by atoms with Crippen LogP contribution in [0.15, 0.2) is 24.3 Å². The minimum atomic E-state index is -0.131. The number of phenolic OH excluding ortho intramolecular Hbond substituents is 2. The fourth-order valence-corrected chi connectivity index (χ4v) is 3.97. The Morgan fingerprint density at radius 1 is 0.786 bits per heavy atom. The average Bonchev–Trinajstić information content (AvgIpc) is 2.53. The lowest BCUT2D eigenvalue weighted by atomic mass is 9.76. The number of rotatable bonds is 4. The smallest absolute Gasteiger partial charge is 0.119 e. The summed E-state index contributed by atoms with van der Waals surface area (Å²) in [5, 5.41) is 21.2. The van der Waals surface area contributed by atoms with Crippen LogP contribution in [0.25, 0.3) is 0 Å². The van der Waals surface area contributed by atoms with E-state index in [1.54, 1.807) is 0 Å². The van der Waals surface area contributed by atoms with Crippen LogP contribution in [0.1, 0.15) is 101 Å². The molecule has 0 heterocycles. The Labute approximate surface area is 171 Å². The van der Waals surface area contributed by atoms with Crippen molar-refractivity contribution in [2.75, 3.05) is 0 Å². The lowest BCUT2D eigenvalue weighted by Crippen LogP contribution is -2.15. The van der Waals surface area contributed by atoms with Crippen LogP contribution in [-0.2, 0) is 10.8 Å². The van der Waals surface area contributed by atoms with Crippen molar-refractivity contribution < 1.29 is 10.2 Å². The molecule has 2 rings (SSSR count). The second-order valence-electron chi connectivity index (χ2n) is 10.3. The molecule has 0 bridgehead atoms. The van der Waals surface area contributed by atoms with Crippen LogP contribution in [-0.4, -0.2) is 10.2 Å². The Hall–Kier alpha value is -1.96. The Morgan fingerprint density at radius 3 is 1.89 bits per heavy atom. The first-order chi connectivity index (χ1) is 12.8. The molecule has 0 radical (unpaired) electrons. The van der Waals surface area contributed by atoms with Crippen molar-refractivity contribution in [1.82, 2.24) is 0 Å². The molecule has 0 spiro atoms. The van der Waals surface area contributed by atoms with E-state index in [1.165, 1.54) is 11.1 Å². The molecule has 0 aliphatic rings. The number of aromatic hydroxyl groups is 2. The minimum absolute atomic E-state index is 0.0305. The third kappa shape index (κ3) is 4.54. The van der Waals surface area contributed by atoms with Gasteiger partial charge in [0.25, 0.3) is 0 Å². The zero-order chi connectivity index (χ0) is 21.4. The van der Waals surface area contributed by atoms with Crippen LogP contribution >= 0.6 is 0 Å². The van der Waals surface area contributed by atoms with Gasteiger partial charge in [0.1, 0.15) is 11.5 Å².